The van der Waals surface area contributed by atoms with Gasteiger partial charge >= 0.3 is 0 Å². The molecule has 1 unspecified atom stereocenters. The van der Waals surface area contributed by atoms with Gasteiger partial charge in [0.15, 0.2) is 6.29 Å². The molecule has 1 heterocycles. The van der Waals surface area contributed by atoms with Crippen LogP contribution in [-0.4, -0.2) is 56.0 Å². The van der Waals surface area contributed by atoms with E-state index < -0.39 is 12.3 Å². The molecule has 0 bridgehead atoms. The zero-order valence-electron chi connectivity index (χ0n) is 23.0. The lowest BCUT2D eigenvalue weighted by Gasteiger charge is -2.37. The van der Waals surface area contributed by atoms with E-state index in [9.17, 15) is 9.90 Å². The maximum absolute atomic E-state index is 13.2. The first-order valence-electron chi connectivity index (χ1n) is 13.5. The summed E-state index contributed by atoms with van der Waals surface area (Å²) in [4.78, 5) is 15.0. The standard InChI is InChI=1S/C31H37N5O3/c1-5-6-12-28(37)36(29(21(2)3)31(38)39-4)20-22-13-15-24(16-14-22)27-19-25(23-10-8-7-9-11-23)17-18-26(27)30-32-34-35-33-30/h7-11,13-19,21,29,31,38H,5-6,12,20H2,1-4H3,(H,32,33,34,35)/t29-,31?/m0/s1. The SMILES string of the molecule is CCCCC(=O)N(Cc1ccc(-c2cc(-c3ccccc3)ccc2-c2nn[nH]n2)cc1)[C@@H](C(C)C)C(O)OC. The molecule has 0 saturated heterocycles. The Hall–Kier alpha value is -3.88. The monoisotopic (exact) mass is 527 g/mol. The third-order valence-electron chi connectivity index (χ3n) is 6.97. The van der Waals surface area contributed by atoms with Crippen molar-refractivity contribution in [3.8, 4) is 33.6 Å². The van der Waals surface area contributed by atoms with Gasteiger partial charge in [-0.25, -0.2) is 0 Å². The molecule has 0 aliphatic heterocycles. The smallest absolute Gasteiger partial charge is 0.223 e. The number of aromatic amines is 1. The zero-order chi connectivity index (χ0) is 27.8. The number of amides is 1. The molecule has 0 aliphatic carbocycles. The highest BCUT2D eigenvalue weighted by atomic mass is 16.6. The predicted molar refractivity (Wildman–Crippen MR) is 152 cm³/mol. The van der Waals surface area contributed by atoms with Gasteiger partial charge in [-0.2, -0.15) is 5.21 Å². The summed E-state index contributed by atoms with van der Waals surface area (Å²) in [6, 6.07) is 24.1. The highest BCUT2D eigenvalue weighted by molar-refractivity contribution is 5.85. The average Bonchev–Trinajstić information content (AvgIpc) is 3.51. The van der Waals surface area contributed by atoms with Gasteiger partial charge in [-0.15, -0.1) is 10.2 Å². The molecule has 0 aliphatic rings. The number of unbranched alkanes of at least 4 members (excludes halogenated alkanes) is 1. The molecule has 4 aromatic rings. The van der Waals surface area contributed by atoms with E-state index in [4.69, 9.17) is 4.74 Å². The van der Waals surface area contributed by atoms with Crippen molar-refractivity contribution in [1.29, 1.82) is 0 Å². The number of methoxy groups -OCH3 is 1. The van der Waals surface area contributed by atoms with Gasteiger partial charge in [0.25, 0.3) is 0 Å². The Morgan fingerprint density at radius 1 is 0.974 bits per heavy atom. The van der Waals surface area contributed by atoms with Crippen molar-refractivity contribution in [3.63, 3.8) is 0 Å². The summed E-state index contributed by atoms with van der Waals surface area (Å²) >= 11 is 0. The third kappa shape index (κ3) is 6.77. The fraction of sp³-hybridized carbons (Fsp3) is 0.355. The number of hydrogen-bond donors (Lipinski definition) is 2. The number of carbonyl (C=O) groups is 1. The van der Waals surface area contributed by atoms with Crippen molar-refractivity contribution in [2.75, 3.05) is 7.11 Å². The zero-order valence-corrected chi connectivity index (χ0v) is 23.0. The number of hydrogen-bond acceptors (Lipinski definition) is 6. The lowest BCUT2D eigenvalue weighted by Crippen LogP contribution is -2.50. The van der Waals surface area contributed by atoms with Crippen LogP contribution in [0.25, 0.3) is 33.6 Å². The number of carbonyl (C=O) groups excluding carboxylic acids is 1. The number of aromatic nitrogens is 4. The topological polar surface area (TPSA) is 104 Å². The second kappa shape index (κ2) is 13.3. The first kappa shape index (κ1) is 28.1. The maximum atomic E-state index is 13.2. The molecule has 8 heteroatoms. The first-order chi connectivity index (χ1) is 18.9. The van der Waals surface area contributed by atoms with Crippen LogP contribution >= 0.6 is 0 Å². The van der Waals surface area contributed by atoms with Gasteiger partial charge in [0.05, 0.1) is 6.04 Å². The molecule has 204 valence electrons. The summed E-state index contributed by atoms with van der Waals surface area (Å²) in [5.41, 5.74) is 6.02. The van der Waals surface area contributed by atoms with Gasteiger partial charge in [0, 0.05) is 25.6 Å². The molecule has 1 amide bonds. The van der Waals surface area contributed by atoms with Crippen LogP contribution in [0, 0.1) is 5.92 Å². The fourth-order valence-corrected chi connectivity index (χ4v) is 4.86. The van der Waals surface area contributed by atoms with Crippen LogP contribution in [-0.2, 0) is 16.1 Å². The molecular weight excluding hydrogens is 490 g/mol. The van der Waals surface area contributed by atoms with E-state index in [1.165, 1.54) is 7.11 Å². The number of benzene rings is 3. The number of ether oxygens (including phenoxy) is 1. The van der Waals surface area contributed by atoms with Gasteiger partial charge in [-0.1, -0.05) is 87.9 Å². The van der Waals surface area contributed by atoms with Crippen LogP contribution in [0.3, 0.4) is 0 Å². The minimum atomic E-state index is -1.06. The van der Waals surface area contributed by atoms with E-state index in [0.717, 1.165) is 46.2 Å². The number of tetrazole rings is 1. The van der Waals surface area contributed by atoms with Crippen molar-refractivity contribution in [1.82, 2.24) is 25.5 Å². The summed E-state index contributed by atoms with van der Waals surface area (Å²) in [6.45, 7) is 6.44. The number of nitrogens with one attached hydrogen (secondary N) is 1. The van der Waals surface area contributed by atoms with Crippen LogP contribution in [0.2, 0.25) is 0 Å². The lowest BCUT2D eigenvalue weighted by atomic mass is 9.93. The van der Waals surface area contributed by atoms with Crippen LogP contribution in [0.4, 0.5) is 0 Å². The van der Waals surface area contributed by atoms with Gasteiger partial charge in [-0.3, -0.25) is 4.79 Å². The average molecular weight is 528 g/mol. The Balaban J connectivity index is 1.68. The minimum absolute atomic E-state index is 0.0167. The number of aliphatic hydroxyl groups is 1. The van der Waals surface area contributed by atoms with E-state index in [1.54, 1.807) is 4.90 Å². The molecule has 39 heavy (non-hydrogen) atoms. The number of rotatable bonds is 12. The first-order valence-corrected chi connectivity index (χ1v) is 13.5. The van der Waals surface area contributed by atoms with Gasteiger partial charge in [-0.05, 0) is 57.5 Å². The van der Waals surface area contributed by atoms with E-state index in [0.29, 0.717) is 18.8 Å². The van der Waals surface area contributed by atoms with Gasteiger partial charge < -0.3 is 14.7 Å². The van der Waals surface area contributed by atoms with Crippen molar-refractivity contribution in [2.24, 2.45) is 5.92 Å². The lowest BCUT2D eigenvalue weighted by molar-refractivity contribution is -0.161. The molecule has 4 rings (SSSR count). The van der Waals surface area contributed by atoms with Crippen molar-refractivity contribution in [3.05, 3.63) is 78.4 Å². The van der Waals surface area contributed by atoms with Gasteiger partial charge in [0.2, 0.25) is 11.7 Å². The third-order valence-corrected chi connectivity index (χ3v) is 6.97. The van der Waals surface area contributed by atoms with E-state index in [1.807, 2.05) is 50.2 Å². The van der Waals surface area contributed by atoms with Crippen LogP contribution in [0.5, 0.6) is 0 Å². The van der Waals surface area contributed by atoms with Crippen LogP contribution in [0.1, 0.15) is 45.6 Å². The second-order valence-corrected chi connectivity index (χ2v) is 10.0. The summed E-state index contributed by atoms with van der Waals surface area (Å²) in [7, 11) is 1.47. The molecule has 2 atom stereocenters. The highest BCUT2D eigenvalue weighted by Crippen LogP contribution is 2.34. The summed E-state index contributed by atoms with van der Waals surface area (Å²) < 4.78 is 5.26. The normalized spacial score (nSPS) is 12.9. The summed E-state index contributed by atoms with van der Waals surface area (Å²) in [5.74, 6) is 0.559. The molecule has 0 fully saturated rings. The Labute approximate surface area is 230 Å². The van der Waals surface area contributed by atoms with Crippen molar-refractivity contribution >= 4 is 5.91 Å². The number of H-pyrrole nitrogens is 1. The fourth-order valence-electron chi connectivity index (χ4n) is 4.86. The predicted octanol–water partition coefficient (Wildman–Crippen LogP) is 5.71. The molecule has 0 radical (unpaired) electrons. The molecule has 2 N–H and O–H groups in total. The molecule has 0 spiro atoms. The van der Waals surface area contributed by atoms with E-state index >= 15 is 0 Å². The Bertz CT molecular complexity index is 1320. The largest absolute Gasteiger partial charge is 0.366 e. The van der Waals surface area contributed by atoms with E-state index in [-0.39, 0.29) is 11.8 Å². The van der Waals surface area contributed by atoms with Crippen LogP contribution < -0.4 is 0 Å². The highest BCUT2D eigenvalue weighted by Gasteiger charge is 2.32. The quantitative estimate of drug-likeness (QED) is 0.229. The minimum Gasteiger partial charge on any atom is -0.366 e. The van der Waals surface area contributed by atoms with Crippen molar-refractivity contribution < 1.29 is 14.6 Å². The maximum Gasteiger partial charge on any atom is 0.223 e. The molecule has 1 aromatic heterocycles. The molecule has 8 nitrogen and oxygen atoms in total. The number of nitrogens with zero attached hydrogens (tertiary/aromatic N) is 4. The second-order valence-electron chi connectivity index (χ2n) is 10.0. The summed E-state index contributed by atoms with van der Waals surface area (Å²) in [6.07, 6.45) is 1.11. The Morgan fingerprint density at radius 3 is 2.31 bits per heavy atom. The molecule has 0 saturated carbocycles. The van der Waals surface area contributed by atoms with Crippen LogP contribution in [0.15, 0.2) is 72.8 Å². The molecular formula is C31H37N5O3. The molecule has 3 aromatic carbocycles. The van der Waals surface area contributed by atoms with E-state index in [2.05, 4.69) is 63.9 Å². The Kier molecular flexibility index (Phi) is 9.57. The number of aliphatic hydroxyl groups excluding tert-OH is 1. The summed E-state index contributed by atoms with van der Waals surface area (Å²) in [5, 5.41) is 25.3. The Morgan fingerprint density at radius 2 is 1.69 bits per heavy atom. The van der Waals surface area contributed by atoms with Crippen molar-refractivity contribution in [2.45, 2.75) is 58.9 Å². The van der Waals surface area contributed by atoms with Gasteiger partial charge in [0.1, 0.15) is 0 Å².